The number of halogens is 2. The Hall–Kier alpha value is -0.330. The molecule has 0 saturated carbocycles. The van der Waals surface area contributed by atoms with E-state index in [0.717, 1.165) is 3.57 Å². The molecule has 1 N–H and O–H groups in total. The third kappa shape index (κ3) is 3.82. The molecular weight excluding hydrogens is 352 g/mol. The molecule has 1 aromatic carbocycles. The standard InChI is InChI=1S/C12H15ClINO2/c1-8(2)15(5-6-16)12(17)10-7-9(13)3-4-11(10)14/h3-4,7-8,16H,5-6H2,1-2H3. The van der Waals surface area contributed by atoms with Crippen molar-refractivity contribution in [3.8, 4) is 0 Å². The highest BCUT2D eigenvalue weighted by Gasteiger charge is 2.20. The van der Waals surface area contributed by atoms with Crippen LogP contribution >= 0.6 is 34.2 Å². The molecule has 5 heteroatoms. The van der Waals surface area contributed by atoms with Crippen LogP contribution in [0.3, 0.4) is 0 Å². The van der Waals surface area contributed by atoms with Gasteiger partial charge in [-0.15, -0.1) is 0 Å². The second kappa shape index (κ2) is 6.56. The number of rotatable bonds is 4. The van der Waals surface area contributed by atoms with Crippen LogP contribution in [0.2, 0.25) is 5.02 Å². The third-order valence-corrected chi connectivity index (χ3v) is 3.56. The van der Waals surface area contributed by atoms with Gasteiger partial charge in [0.05, 0.1) is 12.2 Å². The van der Waals surface area contributed by atoms with E-state index in [9.17, 15) is 4.79 Å². The maximum atomic E-state index is 12.3. The number of amides is 1. The van der Waals surface area contributed by atoms with E-state index in [4.69, 9.17) is 16.7 Å². The second-order valence-electron chi connectivity index (χ2n) is 3.94. The lowest BCUT2D eigenvalue weighted by Gasteiger charge is -2.26. The lowest BCUT2D eigenvalue weighted by atomic mass is 10.1. The Bertz CT molecular complexity index is 409. The monoisotopic (exact) mass is 367 g/mol. The van der Waals surface area contributed by atoms with Crippen LogP contribution in [0, 0.1) is 3.57 Å². The van der Waals surface area contributed by atoms with Gasteiger partial charge in [0.15, 0.2) is 0 Å². The van der Waals surface area contributed by atoms with Gasteiger partial charge in [0.25, 0.3) is 5.91 Å². The van der Waals surface area contributed by atoms with Gasteiger partial charge in [0.2, 0.25) is 0 Å². The SMILES string of the molecule is CC(C)N(CCO)C(=O)c1cc(Cl)ccc1I. The molecule has 0 bridgehead atoms. The molecule has 17 heavy (non-hydrogen) atoms. The van der Waals surface area contributed by atoms with E-state index in [-0.39, 0.29) is 18.6 Å². The van der Waals surface area contributed by atoms with Gasteiger partial charge in [-0.3, -0.25) is 4.79 Å². The van der Waals surface area contributed by atoms with Crippen molar-refractivity contribution in [2.75, 3.05) is 13.2 Å². The Morgan fingerprint density at radius 2 is 2.18 bits per heavy atom. The fraction of sp³-hybridized carbons (Fsp3) is 0.417. The normalized spacial score (nSPS) is 10.7. The van der Waals surface area contributed by atoms with Crippen LogP contribution in [-0.4, -0.2) is 35.1 Å². The molecule has 0 aliphatic rings. The van der Waals surface area contributed by atoms with E-state index < -0.39 is 0 Å². The van der Waals surface area contributed by atoms with Gasteiger partial charge < -0.3 is 10.0 Å². The van der Waals surface area contributed by atoms with Crippen molar-refractivity contribution in [2.45, 2.75) is 19.9 Å². The first-order chi connectivity index (χ1) is 7.97. The number of hydrogen-bond donors (Lipinski definition) is 1. The van der Waals surface area contributed by atoms with Crippen LogP contribution in [-0.2, 0) is 0 Å². The molecule has 0 aromatic heterocycles. The average molecular weight is 368 g/mol. The molecule has 94 valence electrons. The van der Waals surface area contributed by atoms with E-state index in [2.05, 4.69) is 22.6 Å². The number of nitrogens with zero attached hydrogens (tertiary/aromatic N) is 1. The zero-order chi connectivity index (χ0) is 13.0. The Labute approximate surface area is 120 Å². The Morgan fingerprint density at radius 1 is 1.53 bits per heavy atom. The summed E-state index contributed by atoms with van der Waals surface area (Å²) in [7, 11) is 0. The van der Waals surface area contributed by atoms with Gasteiger partial charge in [0.1, 0.15) is 0 Å². The zero-order valence-corrected chi connectivity index (χ0v) is 12.7. The number of hydrogen-bond acceptors (Lipinski definition) is 2. The van der Waals surface area contributed by atoms with Crippen molar-refractivity contribution in [3.05, 3.63) is 32.4 Å². The fourth-order valence-electron chi connectivity index (χ4n) is 1.52. The maximum absolute atomic E-state index is 12.3. The summed E-state index contributed by atoms with van der Waals surface area (Å²) >= 11 is 8.01. The van der Waals surface area contributed by atoms with E-state index in [1.807, 2.05) is 19.9 Å². The summed E-state index contributed by atoms with van der Waals surface area (Å²) < 4.78 is 0.862. The van der Waals surface area contributed by atoms with E-state index >= 15 is 0 Å². The maximum Gasteiger partial charge on any atom is 0.255 e. The first-order valence-electron chi connectivity index (χ1n) is 5.34. The number of carbonyl (C=O) groups excluding carboxylic acids is 1. The highest BCUT2D eigenvalue weighted by atomic mass is 127. The van der Waals surface area contributed by atoms with Crippen LogP contribution < -0.4 is 0 Å². The predicted molar refractivity (Wildman–Crippen MR) is 77.4 cm³/mol. The second-order valence-corrected chi connectivity index (χ2v) is 5.54. The van der Waals surface area contributed by atoms with Crippen molar-refractivity contribution in [3.63, 3.8) is 0 Å². The van der Waals surface area contributed by atoms with Crippen LogP contribution in [0.5, 0.6) is 0 Å². The highest BCUT2D eigenvalue weighted by molar-refractivity contribution is 14.1. The molecule has 1 rings (SSSR count). The quantitative estimate of drug-likeness (QED) is 0.832. The van der Waals surface area contributed by atoms with Gasteiger partial charge in [-0.2, -0.15) is 0 Å². The molecule has 0 spiro atoms. The van der Waals surface area contributed by atoms with Crippen molar-refractivity contribution in [1.29, 1.82) is 0 Å². The Balaban J connectivity index is 3.04. The predicted octanol–water partition coefficient (Wildman–Crippen LogP) is 2.79. The lowest BCUT2D eigenvalue weighted by Crippen LogP contribution is -2.39. The Kier molecular flexibility index (Phi) is 5.69. The van der Waals surface area contributed by atoms with E-state index in [1.165, 1.54) is 0 Å². The van der Waals surface area contributed by atoms with E-state index in [0.29, 0.717) is 17.1 Å². The summed E-state index contributed by atoms with van der Waals surface area (Å²) in [5, 5.41) is 9.53. The molecule has 0 fully saturated rings. The van der Waals surface area contributed by atoms with Crippen LogP contribution in [0.25, 0.3) is 0 Å². The van der Waals surface area contributed by atoms with Crippen LogP contribution in [0.15, 0.2) is 18.2 Å². The molecule has 0 heterocycles. The summed E-state index contributed by atoms with van der Waals surface area (Å²) in [5.41, 5.74) is 0.584. The van der Waals surface area contributed by atoms with Gasteiger partial charge in [0, 0.05) is 21.2 Å². The molecule has 1 amide bonds. The van der Waals surface area contributed by atoms with Crippen molar-refractivity contribution >= 4 is 40.1 Å². The van der Waals surface area contributed by atoms with Gasteiger partial charge in [-0.05, 0) is 54.6 Å². The lowest BCUT2D eigenvalue weighted by molar-refractivity contribution is 0.0664. The van der Waals surface area contributed by atoms with Gasteiger partial charge in [-0.1, -0.05) is 11.6 Å². The van der Waals surface area contributed by atoms with Crippen molar-refractivity contribution < 1.29 is 9.90 Å². The number of carbonyl (C=O) groups is 1. The largest absolute Gasteiger partial charge is 0.395 e. The number of aliphatic hydroxyl groups is 1. The highest BCUT2D eigenvalue weighted by Crippen LogP contribution is 2.20. The van der Waals surface area contributed by atoms with E-state index in [1.54, 1.807) is 17.0 Å². The number of benzene rings is 1. The minimum atomic E-state index is -0.0963. The van der Waals surface area contributed by atoms with Crippen molar-refractivity contribution in [2.24, 2.45) is 0 Å². The molecular formula is C12H15ClINO2. The number of aliphatic hydroxyl groups excluding tert-OH is 1. The summed E-state index contributed by atoms with van der Waals surface area (Å²) in [5.74, 6) is -0.0963. The molecule has 0 saturated heterocycles. The summed E-state index contributed by atoms with van der Waals surface area (Å²) in [4.78, 5) is 13.9. The molecule has 0 atom stereocenters. The fourth-order valence-corrected chi connectivity index (χ4v) is 2.26. The molecule has 0 radical (unpaired) electrons. The summed E-state index contributed by atoms with van der Waals surface area (Å²) in [6.45, 7) is 4.14. The summed E-state index contributed by atoms with van der Waals surface area (Å²) in [6.07, 6.45) is 0. The molecule has 3 nitrogen and oxygen atoms in total. The minimum Gasteiger partial charge on any atom is -0.395 e. The van der Waals surface area contributed by atoms with Crippen molar-refractivity contribution in [1.82, 2.24) is 4.90 Å². The van der Waals surface area contributed by atoms with Gasteiger partial charge in [-0.25, -0.2) is 0 Å². The first kappa shape index (κ1) is 14.7. The smallest absolute Gasteiger partial charge is 0.255 e. The van der Waals surface area contributed by atoms with Crippen LogP contribution in [0.4, 0.5) is 0 Å². The molecule has 0 aliphatic heterocycles. The molecule has 0 aliphatic carbocycles. The molecule has 1 aromatic rings. The first-order valence-corrected chi connectivity index (χ1v) is 6.80. The Morgan fingerprint density at radius 3 is 2.71 bits per heavy atom. The van der Waals surface area contributed by atoms with Crippen LogP contribution in [0.1, 0.15) is 24.2 Å². The average Bonchev–Trinajstić information content (AvgIpc) is 2.28. The third-order valence-electron chi connectivity index (χ3n) is 2.38. The summed E-state index contributed by atoms with van der Waals surface area (Å²) in [6, 6.07) is 5.28. The topological polar surface area (TPSA) is 40.5 Å². The van der Waals surface area contributed by atoms with Gasteiger partial charge >= 0.3 is 0 Å². The zero-order valence-electron chi connectivity index (χ0n) is 9.78. The minimum absolute atomic E-state index is 0.0406. The molecule has 0 unspecified atom stereocenters.